The molecule has 0 rings (SSSR count). The zero-order valence-corrected chi connectivity index (χ0v) is 25.7. The van der Waals surface area contributed by atoms with E-state index >= 15 is 0 Å². The number of quaternary nitrogens is 1. The van der Waals surface area contributed by atoms with Crippen molar-refractivity contribution in [3.05, 3.63) is 12.2 Å². The van der Waals surface area contributed by atoms with E-state index < -0.39 is 17.9 Å². The summed E-state index contributed by atoms with van der Waals surface area (Å²) < 4.78 is 0.611. The van der Waals surface area contributed by atoms with Crippen molar-refractivity contribution in [2.45, 2.75) is 155 Å². The molecule has 0 amide bonds. The van der Waals surface area contributed by atoms with Gasteiger partial charge in [-0.15, -0.1) is 0 Å². The Bertz CT molecular complexity index is 613. The highest BCUT2D eigenvalue weighted by Crippen LogP contribution is 2.18. The minimum absolute atomic E-state index is 0.0210. The van der Waals surface area contributed by atoms with Crippen LogP contribution >= 0.6 is 0 Å². The lowest BCUT2D eigenvalue weighted by Gasteiger charge is -2.39. The number of carbonyl (C=O) groups excluding carboxylic acids is 1. The summed E-state index contributed by atoms with van der Waals surface area (Å²) in [7, 11) is 0. The number of carboxylic acids is 3. The molecule has 0 heterocycles. The monoisotopic (exact) mass is 567 g/mol. The second kappa shape index (κ2) is 27.3. The lowest BCUT2D eigenvalue weighted by molar-refractivity contribution is -0.929. The molecule has 0 saturated heterocycles. The number of aliphatic carboxylic acids is 3. The summed E-state index contributed by atoms with van der Waals surface area (Å²) in [6.07, 6.45) is 27.9. The molecule has 0 aromatic carbocycles. The van der Waals surface area contributed by atoms with E-state index in [1.807, 2.05) is 0 Å². The third-order valence-corrected chi connectivity index (χ3v) is 7.95. The molecule has 0 saturated carbocycles. The van der Waals surface area contributed by atoms with E-state index in [0.29, 0.717) is 43.4 Å². The second-order valence-electron chi connectivity index (χ2n) is 11.7. The summed E-state index contributed by atoms with van der Waals surface area (Å²) in [6, 6.07) is 0. The summed E-state index contributed by atoms with van der Waals surface area (Å²) in [5, 5.41) is 29.1. The van der Waals surface area contributed by atoms with Crippen molar-refractivity contribution >= 4 is 17.9 Å². The topological polar surface area (TPSA) is 115 Å². The van der Waals surface area contributed by atoms with Gasteiger partial charge in [0.1, 0.15) is 0 Å². The van der Waals surface area contributed by atoms with Crippen LogP contribution in [0, 0.1) is 0 Å². The lowest BCUT2D eigenvalue weighted by Crippen LogP contribution is -2.51. The van der Waals surface area contributed by atoms with Gasteiger partial charge in [-0.1, -0.05) is 89.7 Å². The first-order valence-corrected chi connectivity index (χ1v) is 16.4. The Morgan fingerprint density at radius 1 is 0.525 bits per heavy atom. The first-order valence-electron chi connectivity index (χ1n) is 16.4. The lowest BCUT2D eigenvalue weighted by atomic mass is 10.1. The second-order valence-corrected chi connectivity index (χ2v) is 11.7. The zero-order valence-electron chi connectivity index (χ0n) is 25.7. The van der Waals surface area contributed by atoms with Crippen molar-refractivity contribution in [1.82, 2.24) is 0 Å². The van der Waals surface area contributed by atoms with Gasteiger partial charge >= 0.3 is 11.9 Å². The molecule has 7 heteroatoms. The maximum atomic E-state index is 11.1. The third-order valence-electron chi connectivity index (χ3n) is 7.95. The number of carboxylic acid groups (broad SMARTS) is 3. The molecule has 0 aliphatic carbocycles. The van der Waals surface area contributed by atoms with Crippen molar-refractivity contribution in [3.63, 3.8) is 0 Å². The predicted molar refractivity (Wildman–Crippen MR) is 161 cm³/mol. The molecule has 0 aliphatic rings. The number of rotatable bonds is 31. The summed E-state index contributed by atoms with van der Waals surface area (Å²) in [4.78, 5) is 33.1. The minimum Gasteiger partial charge on any atom is -0.550 e. The maximum Gasteiger partial charge on any atom is 0.303 e. The van der Waals surface area contributed by atoms with E-state index in [-0.39, 0.29) is 19.3 Å². The van der Waals surface area contributed by atoms with E-state index in [4.69, 9.17) is 10.2 Å². The first kappa shape index (κ1) is 38.1. The van der Waals surface area contributed by atoms with Gasteiger partial charge in [0.15, 0.2) is 0 Å². The Morgan fingerprint density at radius 3 is 1.27 bits per heavy atom. The van der Waals surface area contributed by atoms with Gasteiger partial charge in [0.25, 0.3) is 0 Å². The molecule has 0 aromatic heterocycles. The van der Waals surface area contributed by atoms with Gasteiger partial charge in [0.05, 0.1) is 39.0 Å². The van der Waals surface area contributed by atoms with Gasteiger partial charge in [0.2, 0.25) is 0 Å². The Kier molecular flexibility index (Phi) is 26.0. The van der Waals surface area contributed by atoms with Crippen molar-refractivity contribution in [1.29, 1.82) is 0 Å². The van der Waals surface area contributed by atoms with E-state index in [0.717, 1.165) is 19.4 Å². The van der Waals surface area contributed by atoms with Crippen LogP contribution < -0.4 is 5.11 Å². The van der Waals surface area contributed by atoms with Crippen molar-refractivity contribution < 1.29 is 34.2 Å². The van der Waals surface area contributed by atoms with Crippen LogP contribution in [0.25, 0.3) is 0 Å². The van der Waals surface area contributed by atoms with E-state index in [1.54, 1.807) is 0 Å². The van der Waals surface area contributed by atoms with Crippen LogP contribution in [0.1, 0.15) is 155 Å². The number of unbranched alkanes of at least 4 members (excludes halogenated alkanes) is 15. The molecule has 2 N–H and O–H groups in total. The smallest absolute Gasteiger partial charge is 0.303 e. The molecule has 0 unspecified atom stereocenters. The van der Waals surface area contributed by atoms with Crippen molar-refractivity contribution in [3.8, 4) is 0 Å². The quantitative estimate of drug-likeness (QED) is 0.0517. The zero-order chi connectivity index (χ0) is 29.7. The molecule has 7 nitrogen and oxygen atoms in total. The van der Waals surface area contributed by atoms with Crippen LogP contribution in [0.15, 0.2) is 12.2 Å². The van der Waals surface area contributed by atoms with Crippen LogP contribution in [-0.4, -0.2) is 58.8 Å². The highest BCUT2D eigenvalue weighted by molar-refractivity contribution is 5.66. The number of hydrogen-bond donors (Lipinski definition) is 2. The fourth-order valence-electron chi connectivity index (χ4n) is 5.59. The van der Waals surface area contributed by atoms with E-state index in [9.17, 15) is 19.5 Å². The highest BCUT2D eigenvalue weighted by Gasteiger charge is 2.26. The summed E-state index contributed by atoms with van der Waals surface area (Å²) in [6.45, 7) is 5.02. The average molecular weight is 568 g/mol. The minimum atomic E-state index is -1.08. The molecule has 0 bridgehead atoms. The van der Waals surface area contributed by atoms with Crippen LogP contribution in [0.3, 0.4) is 0 Å². The maximum absolute atomic E-state index is 11.1. The number of nitrogens with zero attached hydrogens (tertiary/aromatic N) is 1. The SMILES string of the molecule is CCCCCCCCC/C=C/CCCCCCCCCC[N+](CCCC(=O)[O-])(CCCC(=O)O)CCCC(=O)O. The third kappa shape index (κ3) is 26.3. The molecule has 0 spiro atoms. The van der Waals surface area contributed by atoms with Gasteiger partial charge in [-0.2, -0.15) is 0 Å². The normalized spacial score (nSPS) is 11.8. The van der Waals surface area contributed by atoms with Gasteiger partial charge in [-0.25, -0.2) is 0 Å². The van der Waals surface area contributed by atoms with Crippen molar-refractivity contribution in [2.75, 3.05) is 26.2 Å². The predicted octanol–water partition coefficient (Wildman–Crippen LogP) is 7.27. The average Bonchev–Trinajstić information content (AvgIpc) is 2.89. The Labute approximate surface area is 245 Å². The molecule has 0 aromatic rings. The molecule has 0 aliphatic heterocycles. The Morgan fingerprint density at radius 2 is 0.875 bits per heavy atom. The molecule has 234 valence electrons. The number of carbonyl (C=O) groups is 3. The summed E-state index contributed by atoms with van der Waals surface area (Å²) >= 11 is 0. The van der Waals surface area contributed by atoms with Crippen LogP contribution in [-0.2, 0) is 14.4 Å². The fourth-order valence-corrected chi connectivity index (χ4v) is 5.59. The van der Waals surface area contributed by atoms with Gasteiger partial charge in [-0.05, 0) is 44.9 Å². The highest BCUT2D eigenvalue weighted by atomic mass is 16.4. The van der Waals surface area contributed by atoms with Gasteiger partial charge in [0, 0.05) is 25.2 Å². The standard InChI is InChI=1S/C33H61NO6/c1-2-3-4-5-6-7-8-9-10-11-12-13-14-15-16-17-18-19-20-27-34(28-21-24-31(35)36,29-22-25-32(37)38)30-23-26-33(39)40/h10-11H,2-9,12-30H2,1H3,(H2-,35,36,37,38,39,40)/b11-10+. The molecule has 0 fully saturated rings. The van der Waals surface area contributed by atoms with E-state index in [1.165, 1.54) is 96.3 Å². The van der Waals surface area contributed by atoms with Crippen molar-refractivity contribution in [2.24, 2.45) is 0 Å². The van der Waals surface area contributed by atoms with Crippen LogP contribution in [0.2, 0.25) is 0 Å². The first-order chi connectivity index (χ1) is 19.3. The van der Waals surface area contributed by atoms with Crippen LogP contribution in [0.4, 0.5) is 0 Å². The van der Waals surface area contributed by atoms with E-state index in [2.05, 4.69) is 19.1 Å². The largest absolute Gasteiger partial charge is 0.550 e. The molecular weight excluding hydrogens is 506 g/mol. The Balaban J connectivity index is 4.15. The van der Waals surface area contributed by atoms with Gasteiger partial charge in [-0.3, -0.25) is 9.59 Å². The summed E-state index contributed by atoms with van der Waals surface area (Å²) in [5.41, 5.74) is 0. The van der Waals surface area contributed by atoms with Gasteiger partial charge < -0.3 is 24.6 Å². The molecule has 40 heavy (non-hydrogen) atoms. The number of allylic oxidation sites excluding steroid dienone is 2. The fraction of sp³-hybridized carbons (Fsp3) is 0.848. The number of hydrogen-bond acceptors (Lipinski definition) is 4. The summed E-state index contributed by atoms with van der Waals surface area (Å²) in [5.74, 6) is -2.75. The molecular formula is C33H61NO6. The molecule has 0 radical (unpaired) electrons. The Hall–Kier alpha value is -1.89. The molecule has 0 atom stereocenters. The van der Waals surface area contributed by atoms with Crippen LogP contribution in [0.5, 0.6) is 0 Å².